The van der Waals surface area contributed by atoms with E-state index in [1.807, 2.05) is 0 Å². The largest absolute Gasteiger partial charge is 0.460 e. The van der Waals surface area contributed by atoms with Crippen LogP contribution in [-0.2, 0) is 16.2 Å². The van der Waals surface area contributed by atoms with Gasteiger partial charge in [-0.05, 0) is 83.4 Å². The van der Waals surface area contributed by atoms with Gasteiger partial charge in [0, 0.05) is 60.2 Å². The molecule has 0 radical (unpaired) electrons. The van der Waals surface area contributed by atoms with Crippen molar-refractivity contribution in [2.75, 3.05) is 34.5 Å². The highest BCUT2D eigenvalue weighted by Crippen LogP contribution is 2.71. The molecule has 3 rings (SSSR count). The summed E-state index contributed by atoms with van der Waals surface area (Å²) >= 11 is -2.22. The first-order valence-electron chi connectivity index (χ1n) is 35.1. The molecule has 828 valence electrons. The number of benzene rings is 2. The van der Waals surface area contributed by atoms with Crippen molar-refractivity contribution in [1.29, 1.82) is 0 Å². The number of esters is 2. The number of allylic oxidation sites excluding steroid dienone is 1. The number of hydrogen-bond acceptors (Lipinski definition) is 8. The molecule has 2 unspecified atom stereocenters. The summed E-state index contributed by atoms with van der Waals surface area (Å²) in [6.45, 7) is 1.16. The number of alkyl halides is 68. The van der Waals surface area contributed by atoms with Gasteiger partial charge in [-0.2, -0.15) is 346 Å². The van der Waals surface area contributed by atoms with E-state index in [1.54, 1.807) is 0 Å². The Morgan fingerprint density at radius 2 is 0.486 bits per heavy atom. The number of carbonyl (C=O) groups is 2. The van der Waals surface area contributed by atoms with Crippen molar-refractivity contribution < 1.29 is 318 Å². The van der Waals surface area contributed by atoms with E-state index in [4.69, 9.17) is 9.47 Å². The van der Waals surface area contributed by atoms with Crippen molar-refractivity contribution >= 4 is 59.0 Å². The summed E-state index contributed by atoms with van der Waals surface area (Å²) < 4.78 is 959. The molecule has 0 saturated heterocycles. The van der Waals surface area contributed by atoms with Crippen molar-refractivity contribution in [2.45, 2.75) is 248 Å². The molecular formula is C66H40F68O4S4. The van der Waals surface area contributed by atoms with Crippen LogP contribution in [0.25, 0.3) is 0 Å². The lowest BCUT2D eigenvalue weighted by Gasteiger charge is -2.42. The van der Waals surface area contributed by atoms with E-state index in [0.29, 0.717) is 32.1 Å². The van der Waals surface area contributed by atoms with Gasteiger partial charge in [0.15, 0.2) is 0 Å². The number of hydrogen-bond donors (Lipinski definition) is 0. The fourth-order valence-corrected chi connectivity index (χ4v) is 14.9. The molecule has 0 aliphatic heterocycles. The predicted octanol–water partition coefficient (Wildman–Crippen LogP) is 30.8. The topological polar surface area (TPSA) is 52.6 Å². The van der Waals surface area contributed by atoms with E-state index in [-0.39, 0.29) is 30.3 Å². The minimum Gasteiger partial charge on any atom is -0.454 e. The second-order valence-corrected chi connectivity index (χ2v) is 33.8. The van der Waals surface area contributed by atoms with Crippen LogP contribution in [-0.4, -0.2) is 243 Å². The van der Waals surface area contributed by atoms with Crippen molar-refractivity contribution in [1.82, 2.24) is 0 Å². The van der Waals surface area contributed by atoms with Crippen LogP contribution in [0.15, 0.2) is 59.7 Å². The molecule has 2 aromatic carbocycles. The molecule has 0 fully saturated rings. The highest BCUT2D eigenvalue weighted by Gasteiger charge is 3.00. The van der Waals surface area contributed by atoms with Crippen molar-refractivity contribution in [3.05, 3.63) is 87.5 Å². The Bertz CT molecular complexity index is 4780. The molecule has 0 heterocycles. The van der Waals surface area contributed by atoms with Gasteiger partial charge in [0.1, 0.15) is 11.9 Å². The molecule has 142 heavy (non-hydrogen) atoms. The maximum Gasteiger partial charge on any atom is 0.460 e. The molecule has 0 amide bonds. The molecule has 1 aliphatic carbocycles. The van der Waals surface area contributed by atoms with Crippen LogP contribution in [0.3, 0.4) is 0 Å². The van der Waals surface area contributed by atoms with Gasteiger partial charge in [-0.15, -0.1) is 0 Å². The quantitative estimate of drug-likeness (QED) is 0.0281. The standard InChI is InChI=1S/C66H40F68O4S4/c1-23-15-25(19-139-11-7-35(67,68)39(75,76)43(83,84)47(91,92)51(99,100)55(107,108)59(115,116)63(123,124)125)17-29(21-141-13-9-37(71,72)41(79,80)45(87,88)49(95,96)53(103,104)57(111,112)61(119,120)65(129,130)131)31(23)137-33(135)27-3-5-28(6-4-27)34(136)138-32-24(2)16-26(20-140-12-8-36(69,70)40(77,78)44(85,86)48(93,94)52(101,102)56(109,110)60(117,118)64(126,127)128)18-30(32)22-142-14-10-38(73,74)42(81,82)46(89,90)50(97,98)54(105,106)58(113,114)62(121,122)66(132,133)134/h3-6,15-18,29,31H,7-14,19-22H2,1-2H3. The summed E-state index contributed by atoms with van der Waals surface area (Å²) in [6.07, 6.45) is -47.3. The lowest BCUT2D eigenvalue weighted by atomic mass is 9.88. The third-order valence-corrected chi connectivity index (χ3v) is 23.6. The average molecular weight is 2320 g/mol. The predicted molar refractivity (Wildman–Crippen MR) is 345 cm³/mol. The summed E-state index contributed by atoms with van der Waals surface area (Å²) in [5.41, 5.74) is -6.62. The Morgan fingerprint density at radius 3 is 0.739 bits per heavy atom. The van der Waals surface area contributed by atoms with E-state index in [2.05, 4.69) is 0 Å². The number of carbonyl (C=O) groups excluding carboxylic acids is 2. The normalized spacial score (nSPS) is 17.4. The number of halogens is 68. The summed E-state index contributed by atoms with van der Waals surface area (Å²) in [6, 6.07) is 1.85. The van der Waals surface area contributed by atoms with Crippen molar-refractivity contribution in [3.8, 4) is 5.75 Å². The van der Waals surface area contributed by atoms with E-state index >= 15 is 0 Å². The van der Waals surface area contributed by atoms with Crippen LogP contribution in [0.5, 0.6) is 5.75 Å². The van der Waals surface area contributed by atoms with E-state index in [0.717, 1.165) is 0 Å². The van der Waals surface area contributed by atoms with E-state index in [9.17, 15) is 308 Å². The SMILES string of the molecule is CC1=CC(CSCCC(F)(F)C(F)(F)C(F)(F)C(F)(F)C(F)(F)C(F)(F)C(F)(F)C(F)(F)F)=CC(CSCCC(F)(F)C(F)(F)C(F)(F)C(F)(F)C(F)(F)C(F)(F)C(F)(F)C(F)(F)F)C1OC(=O)c1ccc(C(=O)Oc2c(C)cc(CSCCC(F)(F)C(F)(F)C(F)(F)C(F)(F)C(F)(F)C(F)(F)C(F)(F)C(F)(F)F)cc2CSCCC(F)(F)C(F)(F)C(F)(F)C(F)(F)C(F)(F)C(F)(F)C(F)(F)C(F)(F)F)cc1. The Labute approximate surface area is 756 Å². The third kappa shape index (κ3) is 20.8. The molecule has 0 bridgehead atoms. The maximum absolute atomic E-state index is 15.0. The Hall–Kier alpha value is -6.50. The summed E-state index contributed by atoms with van der Waals surface area (Å²) in [5, 5.41) is 0. The number of aryl methyl sites for hydroxylation is 1. The molecule has 4 nitrogen and oxygen atoms in total. The van der Waals surface area contributed by atoms with Crippen LogP contribution in [0.4, 0.5) is 299 Å². The minimum absolute atomic E-state index is 0.267. The fourth-order valence-electron chi connectivity index (χ4n) is 10.9. The fraction of sp³-hybridized carbons (Fsp3) is 0.727. The van der Waals surface area contributed by atoms with E-state index in [1.165, 1.54) is 0 Å². The highest BCUT2D eigenvalue weighted by molar-refractivity contribution is 7.99. The number of rotatable bonds is 48. The van der Waals surface area contributed by atoms with Gasteiger partial charge in [0.05, 0.1) is 11.1 Å². The molecule has 1 aliphatic rings. The first-order chi connectivity index (χ1) is 61.9. The monoisotopic (exact) mass is 2320 g/mol. The Morgan fingerprint density at radius 1 is 0.268 bits per heavy atom. The maximum atomic E-state index is 15.0. The van der Waals surface area contributed by atoms with Gasteiger partial charge in [-0.3, -0.25) is 0 Å². The smallest absolute Gasteiger partial charge is 0.454 e. The number of thioether (sulfide) groups is 4. The van der Waals surface area contributed by atoms with Crippen LogP contribution in [0, 0.1) is 12.8 Å². The lowest BCUT2D eigenvalue weighted by molar-refractivity contribution is -0.461. The average Bonchev–Trinajstić information content (AvgIpc) is 0.704. The molecule has 76 heteroatoms. The first-order valence-corrected chi connectivity index (χ1v) is 39.7. The van der Waals surface area contributed by atoms with Crippen molar-refractivity contribution in [3.63, 3.8) is 0 Å². The van der Waals surface area contributed by atoms with E-state index < -0.39 is 378 Å². The molecule has 0 aromatic heterocycles. The first kappa shape index (κ1) is 130. The van der Waals surface area contributed by atoms with Gasteiger partial charge in [0.25, 0.3) is 0 Å². The summed E-state index contributed by atoms with van der Waals surface area (Å²) in [7, 11) is 0. The van der Waals surface area contributed by atoms with Gasteiger partial charge in [0.2, 0.25) is 0 Å². The zero-order valence-corrected chi connectivity index (χ0v) is 69.5. The van der Waals surface area contributed by atoms with Gasteiger partial charge in [-0.25, -0.2) is 9.59 Å². The van der Waals surface area contributed by atoms with Crippen LogP contribution in [0.1, 0.15) is 70.0 Å². The molecule has 2 atom stereocenters. The van der Waals surface area contributed by atoms with Crippen LogP contribution in [0.2, 0.25) is 0 Å². The second-order valence-electron chi connectivity index (χ2n) is 29.3. The van der Waals surface area contributed by atoms with Gasteiger partial charge >= 0.3 is 202 Å². The Balaban J connectivity index is 2.22. The van der Waals surface area contributed by atoms with Crippen molar-refractivity contribution in [2.24, 2.45) is 5.92 Å². The molecular weight excluding hydrogens is 2280 g/mol. The Kier molecular flexibility index (Phi) is 35.7. The highest BCUT2D eigenvalue weighted by atomic mass is 32.2. The summed E-state index contributed by atoms with van der Waals surface area (Å²) in [5.74, 6) is -263. The lowest BCUT2D eigenvalue weighted by Crippen LogP contribution is -2.74. The molecule has 0 saturated carbocycles. The third-order valence-electron chi connectivity index (χ3n) is 19.4. The van der Waals surface area contributed by atoms with Crippen LogP contribution >= 0.6 is 47.0 Å². The van der Waals surface area contributed by atoms with Gasteiger partial charge < -0.3 is 9.47 Å². The molecule has 0 N–H and O–H groups in total. The molecule has 2 aromatic rings. The minimum atomic E-state index is -9.18. The molecule has 0 spiro atoms. The zero-order valence-electron chi connectivity index (χ0n) is 66.2. The number of ether oxygens (including phenoxy) is 2. The summed E-state index contributed by atoms with van der Waals surface area (Å²) in [4.78, 5) is 27.4. The van der Waals surface area contributed by atoms with Gasteiger partial charge in [-0.1, -0.05) is 24.3 Å². The van der Waals surface area contributed by atoms with Crippen LogP contribution < -0.4 is 4.74 Å². The second kappa shape index (κ2) is 39.1. The zero-order chi connectivity index (χ0) is 113.